The molecule has 4 heteroatoms. The van der Waals surface area contributed by atoms with E-state index < -0.39 is 0 Å². The van der Waals surface area contributed by atoms with Crippen LogP contribution in [-0.2, 0) is 0 Å². The van der Waals surface area contributed by atoms with Gasteiger partial charge in [0, 0.05) is 14.0 Å². The first kappa shape index (κ1) is 15.0. The molecule has 0 spiro atoms. The van der Waals surface area contributed by atoms with E-state index in [2.05, 4.69) is 68.4 Å². The molecule has 2 rings (SSSR count). The van der Waals surface area contributed by atoms with Crippen LogP contribution in [0.3, 0.4) is 0 Å². The maximum Gasteiger partial charge on any atom is 0.0588 e. The van der Waals surface area contributed by atoms with Crippen molar-refractivity contribution in [1.82, 2.24) is 5.32 Å². The van der Waals surface area contributed by atoms with Crippen molar-refractivity contribution in [3.05, 3.63) is 67.6 Å². The molecule has 1 nitrogen and oxygen atoms in total. The molecule has 0 aliphatic heterocycles. The average Bonchev–Trinajstić information content (AvgIpc) is 2.40. The van der Waals surface area contributed by atoms with Crippen LogP contribution in [0.4, 0.5) is 0 Å². The van der Waals surface area contributed by atoms with Crippen LogP contribution < -0.4 is 5.32 Å². The topological polar surface area (TPSA) is 12.0 Å². The van der Waals surface area contributed by atoms with Crippen LogP contribution in [0.25, 0.3) is 0 Å². The zero-order valence-corrected chi connectivity index (χ0v) is 14.4. The highest BCUT2D eigenvalue weighted by atomic mass is 79.9. The van der Waals surface area contributed by atoms with Crippen LogP contribution in [0.1, 0.15) is 24.1 Å². The Kier molecular flexibility index (Phi) is 5.46. The predicted molar refractivity (Wildman–Crippen MR) is 88.8 cm³/mol. The summed E-state index contributed by atoms with van der Waals surface area (Å²) in [5.41, 5.74) is 2.41. The van der Waals surface area contributed by atoms with Crippen LogP contribution in [0.2, 0.25) is 5.02 Å². The molecule has 0 saturated carbocycles. The Hall–Kier alpha value is -0.350. The number of hydrogen-bond donors (Lipinski definition) is 1. The quantitative estimate of drug-likeness (QED) is 0.704. The van der Waals surface area contributed by atoms with E-state index in [1.165, 1.54) is 11.1 Å². The van der Waals surface area contributed by atoms with E-state index in [4.69, 9.17) is 11.6 Å². The van der Waals surface area contributed by atoms with E-state index in [1.54, 1.807) is 0 Å². The third kappa shape index (κ3) is 3.82. The highest BCUT2D eigenvalue weighted by Crippen LogP contribution is 2.31. The largest absolute Gasteiger partial charge is 0.306 e. The summed E-state index contributed by atoms with van der Waals surface area (Å²) in [5, 5.41) is 4.27. The standard InChI is InChI=1S/C15H14Br2ClN/c1-2-19-15(10-3-6-12(18)7-4-10)13-9-11(16)5-8-14(13)17/h3-9,15,19H,2H2,1H3. The van der Waals surface area contributed by atoms with Gasteiger partial charge < -0.3 is 5.32 Å². The summed E-state index contributed by atoms with van der Waals surface area (Å²) < 4.78 is 2.17. The number of halogens is 3. The molecule has 0 aliphatic carbocycles. The predicted octanol–water partition coefficient (Wildman–Crippen LogP) is 5.56. The molecule has 1 unspecified atom stereocenters. The lowest BCUT2D eigenvalue weighted by molar-refractivity contribution is 0.628. The SMILES string of the molecule is CCNC(c1ccc(Cl)cc1)c1cc(Br)ccc1Br. The minimum Gasteiger partial charge on any atom is -0.306 e. The van der Waals surface area contributed by atoms with Gasteiger partial charge in [0.25, 0.3) is 0 Å². The molecule has 0 amide bonds. The molecule has 2 aromatic carbocycles. The van der Waals surface area contributed by atoms with Crippen molar-refractivity contribution in [3.63, 3.8) is 0 Å². The zero-order chi connectivity index (χ0) is 13.8. The molecule has 19 heavy (non-hydrogen) atoms. The summed E-state index contributed by atoms with van der Waals surface area (Å²) in [7, 11) is 0. The number of rotatable bonds is 4. The highest BCUT2D eigenvalue weighted by molar-refractivity contribution is 9.11. The molecule has 100 valence electrons. The smallest absolute Gasteiger partial charge is 0.0588 e. The number of hydrogen-bond acceptors (Lipinski definition) is 1. The Morgan fingerprint density at radius 3 is 2.42 bits per heavy atom. The summed E-state index contributed by atoms with van der Waals surface area (Å²) >= 11 is 13.1. The Morgan fingerprint density at radius 1 is 1.11 bits per heavy atom. The summed E-state index contributed by atoms with van der Waals surface area (Å²) in [6.45, 7) is 3.00. The number of benzene rings is 2. The van der Waals surface area contributed by atoms with Gasteiger partial charge in [0.05, 0.1) is 6.04 Å². The van der Waals surface area contributed by atoms with Crippen molar-refractivity contribution in [2.24, 2.45) is 0 Å². The van der Waals surface area contributed by atoms with Gasteiger partial charge in [-0.15, -0.1) is 0 Å². The molecule has 0 fully saturated rings. The fraction of sp³-hybridized carbons (Fsp3) is 0.200. The van der Waals surface area contributed by atoms with E-state index in [1.807, 2.05) is 18.2 Å². The van der Waals surface area contributed by atoms with Gasteiger partial charge in [0.15, 0.2) is 0 Å². The van der Waals surface area contributed by atoms with Crippen molar-refractivity contribution in [2.45, 2.75) is 13.0 Å². The monoisotopic (exact) mass is 401 g/mol. The molecule has 0 bridgehead atoms. The van der Waals surface area contributed by atoms with Crippen molar-refractivity contribution < 1.29 is 0 Å². The summed E-state index contributed by atoms with van der Waals surface area (Å²) in [5.74, 6) is 0. The molecule has 1 atom stereocenters. The van der Waals surface area contributed by atoms with Crippen LogP contribution in [0.15, 0.2) is 51.4 Å². The van der Waals surface area contributed by atoms with Crippen LogP contribution in [0, 0.1) is 0 Å². The Bertz CT molecular complexity index is 555. The fourth-order valence-corrected chi connectivity index (χ4v) is 2.98. The van der Waals surface area contributed by atoms with Crippen molar-refractivity contribution in [1.29, 1.82) is 0 Å². The van der Waals surface area contributed by atoms with Gasteiger partial charge >= 0.3 is 0 Å². The molecule has 0 saturated heterocycles. The van der Waals surface area contributed by atoms with Gasteiger partial charge in [-0.3, -0.25) is 0 Å². The van der Waals surface area contributed by atoms with E-state index >= 15 is 0 Å². The Balaban J connectivity index is 2.44. The number of nitrogens with one attached hydrogen (secondary N) is 1. The minimum absolute atomic E-state index is 0.147. The van der Waals surface area contributed by atoms with Gasteiger partial charge in [-0.2, -0.15) is 0 Å². The summed E-state index contributed by atoms with van der Waals surface area (Å²) in [4.78, 5) is 0. The first-order valence-corrected chi connectivity index (χ1v) is 8.02. The molecule has 0 heterocycles. The second-order valence-electron chi connectivity index (χ2n) is 4.21. The summed E-state index contributed by atoms with van der Waals surface area (Å²) in [6.07, 6.45) is 0. The lowest BCUT2D eigenvalue weighted by atomic mass is 9.99. The van der Waals surface area contributed by atoms with Crippen LogP contribution >= 0.6 is 43.5 Å². The second kappa shape index (κ2) is 6.89. The van der Waals surface area contributed by atoms with Crippen molar-refractivity contribution >= 4 is 43.5 Å². The minimum atomic E-state index is 0.147. The Labute approximate surface area is 135 Å². The van der Waals surface area contributed by atoms with Gasteiger partial charge in [-0.1, -0.05) is 62.5 Å². The normalized spacial score (nSPS) is 12.4. The highest BCUT2D eigenvalue weighted by Gasteiger charge is 2.16. The van der Waals surface area contributed by atoms with E-state index in [-0.39, 0.29) is 6.04 Å². The van der Waals surface area contributed by atoms with Gasteiger partial charge in [-0.25, -0.2) is 0 Å². The zero-order valence-electron chi connectivity index (χ0n) is 10.5. The molecule has 1 N–H and O–H groups in total. The van der Waals surface area contributed by atoms with Crippen LogP contribution in [0.5, 0.6) is 0 Å². The lowest BCUT2D eigenvalue weighted by Gasteiger charge is -2.20. The first-order valence-electron chi connectivity index (χ1n) is 6.05. The third-order valence-corrected chi connectivity index (χ3v) is 4.35. The summed E-state index contributed by atoms with van der Waals surface area (Å²) in [6, 6.07) is 14.3. The van der Waals surface area contributed by atoms with Crippen LogP contribution in [-0.4, -0.2) is 6.54 Å². The van der Waals surface area contributed by atoms with Crippen molar-refractivity contribution in [2.75, 3.05) is 6.54 Å². The van der Waals surface area contributed by atoms with Gasteiger partial charge in [0.2, 0.25) is 0 Å². The van der Waals surface area contributed by atoms with Gasteiger partial charge in [-0.05, 0) is 48.0 Å². The first-order chi connectivity index (χ1) is 9.11. The molecular formula is C15H14Br2ClN. The average molecular weight is 404 g/mol. The van der Waals surface area contributed by atoms with Crippen molar-refractivity contribution in [3.8, 4) is 0 Å². The maximum atomic E-state index is 5.96. The molecular weight excluding hydrogens is 389 g/mol. The lowest BCUT2D eigenvalue weighted by Crippen LogP contribution is -2.22. The van der Waals surface area contributed by atoms with Gasteiger partial charge in [0.1, 0.15) is 0 Å². The third-order valence-electron chi connectivity index (χ3n) is 2.88. The van der Waals surface area contributed by atoms with E-state index in [0.29, 0.717) is 0 Å². The fourth-order valence-electron chi connectivity index (χ4n) is 2.00. The maximum absolute atomic E-state index is 5.96. The molecule has 2 aromatic rings. The molecule has 0 aromatic heterocycles. The van der Waals surface area contributed by atoms with E-state index in [0.717, 1.165) is 20.5 Å². The second-order valence-corrected chi connectivity index (χ2v) is 6.41. The molecule has 0 aliphatic rings. The van der Waals surface area contributed by atoms with E-state index in [9.17, 15) is 0 Å². The molecule has 0 radical (unpaired) electrons. The Morgan fingerprint density at radius 2 is 1.79 bits per heavy atom.